The molecule has 180 valence electrons. The van der Waals surface area contributed by atoms with Crippen LogP contribution in [0.3, 0.4) is 0 Å². The second kappa shape index (κ2) is 9.82. The van der Waals surface area contributed by atoms with Crippen LogP contribution >= 0.6 is 11.3 Å². The molecule has 11 heteroatoms. The molecule has 35 heavy (non-hydrogen) atoms. The van der Waals surface area contributed by atoms with E-state index in [0.717, 1.165) is 59.4 Å². The number of rotatable bonds is 6. The molecule has 2 N–H and O–H groups in total. The zero-order valence-electron chi connectivity index (χ0n) is 18.9. The van der Waals surface area contributed by atoms with Gasteiger partial charge in [0, 0.05) is 25.7 Å². The van der Waals surface area contributed by atoms with Crippen LogP contribution in [-0.2, 0) is 11.3 Å². The van der Waals surface area contributed by atoms with E-state index in [0.29, 0.717) is 16.6 Å². The number of thiazole rings is 1. The van der Waals surface area contributed by atoms with E-state index in [1.165, 1.54) is 18.4 Å². The predicted octanol–water partition coefficient (Wildman–Crippen LogP) is 2.64. The Morgan fingerprint density at radius 2 is 2.00 bits per heavy atom. The molecule has 1 aliphatic rings. The van der Waals surface area contributed by atoms with Gasteiger partial charge in [0.2, 0.25) is 0 Å². The lowest BCUT2D eigenvalue weighted by molar-refractivity contribution is 0.0342. The monoisotopic (exact) mass is 493 g/mol. The summed E-state index contributed by atoms with van der Waals surface area (Å²) in [5.41, 5.74) is 1.36. The minimum atomic E-state index is -0.682. The molecule has 0 saturated carbocycles. The number of morpholine rings is 1. The van der Waals surface area contributed by atoms with Crippen LogP contribution in [0.1, 0.15) is 16.1 Å². The van der Waals surface area contributed by atoms with E-state index in [2.05, 4.69) is 26.4 Å². The van der Waals surface area contributed by atoms with Gasteiger partial charge in [-0.3, -0.25) is 19.8 Å². The molecule has 0 radical (unpaired) electrons. The van der Waals surface area contributed by atoms with Crippen LogP contribution in [-0.4, -0.2) is 64.1 Å². The van der Waals surface area contributed by atoms with Gasteiger partial charge in [-0.2, -0.15) is 9.78 Å². The maximum absolute atomic E-state index is 13.0. The molecule has 3 heterocycles. The molecule has 2 aromatic carbocycles. The smallest absolute Gasteiger partial charge is 0.281 e. The molecule has 1 aliphatic heterocycles. The van der Waals surface area contributed by atoms with Crippen molar-refractivity contribution >= 4 is 32.6 Å². The van der Waals surface area contributed by atoms with Gasteiger partial charge in [-0.25, -0.2) is 4.98 Å². The second-order valence-electron chi connectivity index (χ2n) is 7.96. The maximum atomic E-state index is 13.0. The Hall–Kier alpha value is -3.80. The number of aromatic nitrogens is 3. The molecule has 1 amide bonds. The average molecular weight is 494 g/mol. The summed E-state index contributed by atoms with van der Waals surface area (Å²) in [4.78, 5) is 32.2. The summed E-state index contributed by atoms with van der Waals surface area (Å²) in [5, 5.41) is 17.4. The Morgan fingerprint density at radius 3 is 2.80 bits per heavy atom. The lowest BCUT2D eigenvalue weighted by Gasteiger charge is -2.26. The highest BCUT2D eigenvalue weighted by Crippen LogP contribution is 2.28. The van der Waals surface area contributed by atoms with Gasteiger partial charge in [0.05, 0.1) is 30.5 Å². The van der Waals surface area contributed by atoms with Gasteiger partial charge >= 0.3 is 0 Å². The molecular formula is C24H23N5O5S. The third kappa shape index (κ3) is 4.87. The molecule has 0 aliphatic carbocycles. The van der Waals surface area contributed by atoms with Crippen LogP contribution in [0.4, 0.5) is 5.13 Å². The summed E-state index contributed by atoms with van der Waals surface area (Å²) in [6.07, 6.45) is 0. The van der Waals surface area contributed by atoms with Crippen LogP contribution in [0.15, 0.2) is 53.3 Å². The van der Waals surface area contributed by atoms with Gasteiger partial charge in [0.15, 0.2) is 16.6 Å². The summed E-state index contributed by atoms with van der Waals surface area (Å²) in [5.74, 6) is -0.801. The van der Waals surface area contributed by atoms with Crippen molar-refractivity contribution in [3.8, 4) is 17.2 Å². The van der Waals surface area contributed by atoms with Gasteiger partial charge in [-0.05, 0) is 29.8 Å². The first-order valence-corrected chi connectivity index (χ1v) is 11.8. The molecular weight excluding hydrogens is 470 g/mol. The van der Waals surface area contributed by atoms with Gasteiger partial charge < -0.3 is 14.6 Å². The van der Waals surface area contributed by atoms with Crippen molar-refractivity contribution in [3.63, 3.8) is 0 Å². The molecule has 0 atom stereocenters. The van der Waals surface area contributed by atoms with E-state index in [-0.39, 0.29) is 5.69 Å². The maximum Gasteiger partial charge on any atom is 0.281 e. The Labute approximate surface area is 204 Å². The summed E-state index contributed by atoms with van der Waals surface area (Å²) in [6, 6.07) is 13.7. The minimum Gasteiger partial charge on any atom is -0.505 e. The van der Waals surface area contributed by atoms with Crippen molar-refractivity contribution in [2.75, 3.05) is 38.7 Å². The van der Waals surface area contributed by atoms with Crippen molar-refractivity contribution in [1.29, 1.82) is 0 Å². The molecule has 1 fully saturated rings. The molecule has 2 aromatic heterocycles. The quantitative estimate of drug-likeness (QED) is 0.421. The van der Waals surface area contributed by atoms with Gasteiger partial charge in [0.1, 0.15) is 11.4 Å². The fourth-order valence-electron chi connectivity index (χ4n) is 3.88. The molecule has 0 unspecified atom stereocenters. The van der Waals surface area contributed by atoms with E-state index in [4.69, 9.17) is 9.47 Å². The third-order valence-electron chi connectivity index (χ3n) is 5.62. The fraction of sp³-hybridized carbons (Fsp3) is 0.250. The molecule has 4 aromatic rings. The number of nitrogens with one attached hydrogen (secondary N) is 1. The molecule has 1 saturated heterocycles. The van der Waals surface area contributed by atoms with E-state index in [1.54, 1.807) is 24.3 Å². The number of fused-ring (bicyclic) bond motifs is 1. The highest BCUT2D eigenvalue weighted by molar-refractivity contribution is 7.22. The topological polar surface area (TPSA) is 119 Å². The third-order valence-corrected chi connectivity index (χ3v) is 6.56. The van der Waals surface area contributed by atoms with Crippen LogP contribution in [0.2, 0.25) is 0 Å². The standard InChI is InChI=1S/C24H23N5O5S/c1-33-19-5-3-2-4-17(19)29-21(31)13-18(30)22(27-29)23(32)26-24-25-16-7-6-15(12-20(16)35-24)14-28-8-10-34-11-9-28/h2-7,12-13,30H,8-11,14H2,1H3,(H,25,26,32). The number of benzene rings is 2. The van der Waals surface area contributed by atoms with Crippen LogP contribution in [0.5, 0.6) is 11.5 Å². The lowest BCUT2D eigenvalue weighted by atomic mass is 10.2. The van der Waals surface area contributed by atoms with E-state index in [9.17, 15) is 14.7 Å². The lowest BCUT2D eigenvalue weighted by Crippen LogP contribution is -2.35. The molecule has 0 spiro atoms. The van der Waals surface area contributed by atoms with Crippen molar-refractivity contribution < 1.29 is 19.4 Å². The highest BCUT2D eigenvalue weighted by Gasteiger charge is 2.20. The number of carbonyl (C=O) groups excluding carboxylic acids is 1. The first-order chi connectivity index (χ1) is 17.0. The van der Waals surface area contributed by atoms with Gasteiger partial charge in [0.25, 0.3) is 11.5 Å². The Kier molecular flexibility index (Phi) is 6.45. The van der Waals surface area contributed by atoms with Crippen LogP contribution in [0.25, 0.3) is 15.9 Å². The number of ether oxygens (including phenoxy) is 2. The van der Waals surface area contributed by atoms with Crippen molar-refractivity contribution in [1.82, 2.24) is 19.7 Å². The number of carbonyl (C=O) groups is 1. The number of anilines is 1. The van der Waals surface area contributed by atoms with E-state index >= 15 is 0 Å². The summed E-state index contributed by atoms with van der Waals surface area (Å²) in [6.45, 7) is 4.10. The van der Waals surface area contributed by atoms with Gasteiger partial charge in [-0.15, -0.1) is 0 Å². The SMILES string of the molecule is COc1ccccc1-n1nc(C(=O)Nc2nc3ccc(CN4CCOCC4)cc3s2)c(O)cc1=O. The number of para-hydroxylation sites is 2. The van der Waals surface area contributed by atoms with Crippen molar-refractivity contribution in [3.05, 3.63) is 70.1 Å². The van der Waals surface area contributed by atoms with E-state index in [1.807, 2.05) is 12.1 Å². The number of nitrogens with zero attached hydrogens (tertiary/aromatic N) is 4. The second-order valence-corrected chi connectivity index (χ2v) is 8.99. The van der Waals surface area contributed by atoms with Crippen LogP contribution in [0, 0.1) is 0 Å². The highest BCUT2D eigenvalue weighted by atomic mass is 32.1. The summed E-state index contributed by atoms with van der Waals surface area (Å²) < 4.78 is 12.6. The van der Waals surface area contributed by atoms with E-state index < -0.39 is 17.2 Å². The summed E-state index contributed by atoms with van der Waals surface area (Å²) in [7, 11) is 1.47. The molecule has 10 nitrogen and oxygen atoms in total. The first-order valence-electron chi connectivity index (χ1n) is 11.0. The van der Waals surface area contributed by atoms with Crippen molar-refractivity contribution in [2.24, 2.45) is 0 Å². The van der Waals surface area contributed by atoms with Crippen LogP contribution < -0.4 is 15.6 Å². The molecule has 5 rings (SSSR count). The summed E-state index contributed by atoms with van der Waals surface area (Å²) >= 11 is 1.33. The Bertz CT molecular complexity index is 1440. The largest absolute Gasteiger partial charge is 0.505 e. The zero-order chi connectivity index (χ0) is 24.4. The Balaban J connectivity index is 1.39. The Morgan fingerprint density at radius 1 is 1.20 bits per heavy atom. The number of aromatic hydroxyl groups is 1. The number of hydrogen-bond acceptors (Lipinski definition) is 9. The number of amides is 1. The normalized spacial score (nSPS) is 14.2. The zero-order valence-corrected chi connectivity index (χ0v) is 19.7. The number of hydrogen-bond donors (Lipinski definition) is 2. The minimum absolute atomic E-state index is 0.303. The number of methoxy groups -OCH3 is 1. The average Bonchev–Trinajstić information content (AvgIpc) is 3.26. The van der Waals surface area contributed by atoms with Gasteiger partial charge in [-0.1, -0.05) is 29.5 Å². The fourth-order valence-corrected chi connectivity index (χ4v) is 4.81. The predicted molar refractivity (Wildman–Crippen MR) is 132 cm³/mol. The molecule has 0 bridgehead atoms. The first kappa shape index (κ1) is 23.0. The van der Waals surface area contributed by atoms with Crippen molar-refractivity contribution in [2.45, 2.75) is 6.54 Å².